The van der Waals surface area contributed by atoms with Crippen molar-refractivity contribution in [2.45, 2.75) is 152 Å². The van der Waals surface area contributed by atoms with Gasteiger partial charge in [0.05, 0.1) is 11.4 Å². The molecule has 3 heteroatoms. The lowest BCUT2D eigenvalue weighted by molar-refractivity contribution is 0.410. The van der Waals surface area contributed by atoms with E-state index < -0.39 is 0 Å². The highest BCUT2D eigenvalue weighted by atomic mass is 16.3. The van der Waals surface area contributed by atoms with E-state index in [1.807, 2.05) is 0 Å². The van der Waals surface area contributed by atoms with Gasteiger partial charge in [-0.25, -0.2) is 0 Å². The monoisotopic (exact) mass is 529 g/mol. The molecule has 2 aromatic rings. The van der Waals surface area contributed by atoms with Gasteiger partial charge in [0.25, 0.3) is 0 Å². The molecule has 4 aliphatic rings. The third-order valence-electron chi connectivity index (χ3n) is 10.8. The Hall–Kier alpha value is -2.16. The van der Waals surface area contributed by atoms with E-state index in [9.17, 15) is 10.2 Å². The smallest absolute Gasteiger partial charge is 0.142 e. The normalized spacial score (nSPS) is 22.7. The molecule has 0 spiro atoms. The molecule has 4 saturated carbocycles. The van der Waals surface area contributed by atoms with Crippen LogP contribution in [0.2, 0.25) is 0 Å². The number of benzene rings is 2. The van der Waals surface area contributed by atoms with Crippen LogP contribution in [0.4, 0.5) is 11.4 Å². The average Bonchev–Trinajstić information content (AvgIpc) is 3.01. The summed E-state index contributed by atoms with van der Waals surface area (Å²) < 4.78 is 0. The molecule has 0 atom stereocenters. The molecule has 0 saturated heterocycles. The third kappa shape index (κ3) is 6.13. The fourth-order valence-corrected chi connectivity index (χ4v) is 8.49. The molecule has 0 bridgehead atoms. The molecule has 212 valence electrons. The summed E-state index contributed by atoms with van der Waals surface area (Å²) in [6, 6.07) is 9.17. The van der Waals surface area contributed by atoms with Gasteiger partial charge in [0.2, 0.25) is 0 Å². The van der Waals surface area contributed by atoms with E-state index >= 15 is 0 Å². The molecule has 0 heterocycles. The second kappa shape index (κ2) is 12.6. The summed E-state index contributed by atoms with van der Waals surface area (Å²) in [5.74, 6) is 2.90. The number of aromatic hydroxyl groups is 2. The predicted molar refractivity (Wildman–Crippen MR) is 163 cm³/mol. The van der Waals surface area contributed by atoms with E-state index in [0.29, 0.717) is 35.2 Å². The standard InChI is InChI=1S/C36H51NO2/c38-35-31(27-17-9-3-10-18-27)21-29(25-13-5-1-6-14-25)23-33(35)37-34-24-30(26-15-7-2-8-16-26)22-32(36(34)39)28-19-11-4-12-20-28/h21-28,37-39H,1-20H2. The Morgan fingerprint density at radius 2 is 0.718 bits per heavy atom. The van der Waals surface area contributed by atoms with Crippen molar-refractivity contribution in [3.05, 3.63) is 46.5 Å². The van der Waals surface area contributed by atoms with Crippen LogP contribution in [0.3, 0.4) is 0 Å². The van der Waals surface area contributed by atoms with Crippen molar-refractivity contribution in [3.63, 3.8) is 0 Å². The van der Waals surface area contributed by atoms with Crippen LogP contribution in [-0.4, -0.2) is 10.2 Å². The molecule has 2 aromatic carbocycles. The largest absolute Gasteiger partial charge is 0.505 e. The Morgan fingerprint density at radius 3 is 1.05 bits per heavy atom. The van der Waals surface area contributed by atoms with Crippen LogP contribution in [0, 0.1) is 0 Å². The van der Waals surface area contributed by atoms with Crippen molar-refractivity contribution < 1.29 is 10.2 Å². The second-order valence-electron chi connectivity index (χ2n) is 13.5. The number of hydrogen-bond acceptors (Lipinski definition) is 3. The third-order valence-corrected chi connectivity index (χ3v) is 10.8. The lowest BCUT2D eigenvalue weighted by atomic mass is 9.78. The summed E-state index contributed by atoms with van der Waals surface area (Å²) in [4.78, 5) is 0. The van der Waals surface area contributed by atoms with Crippen molar-refractivity contribution >= 4 is 11.4 Å². The fraction of sp³-hybridized carbons (Fsp3) is 0.667. The SMILES string of the molecule is Oc1c(Nc2cc(C3CCCCC3)cc(C3CCCCC3)c2O)cc(C2CCCCC2)cc1C1CCCCC1. The Kier molecular flexibility index (Phi) is 8.71. The number of anilines is 2. The van der Waals surface area contributed by atoms with Gasteiger partial charge in [0.15, 0.2) is 0 Å². The van der Waals surface area contributed by atoms with Crippen LogP contribution in [0.5, 0.6) is 11.5 Å². The molecule has 39 heavy (non-hydrogen) atoms. The molecule has 6 rings (SSSR count). The molecule has 3 nitrogen and oxygen atoms in total. The number of nitrogens with one attached hydrogen (secondary N) is 1. The van der Waals surface area contributed by atoms with Crippen LogP contribution in [-0.2, 0) is 0 Å². The molecular weight excluding hydrogens is 478 g/mol. The van der Waals surface area contributed by atoms with Gasteiger partial charge >= 0.3 is 0 Å². The first-order valence-corrected chi connectivity index (χ1v) is 16.7. The van der Waals surface area contributed by atoms with E-state index in [1.54, 1.807) is 0 Å². The zero-order chi connectivity index (χ0) is 26.6. The van der Waals surface area contributed by atoms with Gasteiger partial charge in [-0.15, -0.1) is 0 Å². The van der Waals surface area contributed by atoms with Crippen molar-refractivity contribution in [1.82, 2.24) is 0 Å². The van der Waals surface area contributed by atoms with Crippen LogP contribution in [0.15, 0.2) is 24.3 Å². The molecule has 4 aliphatic carbocycles. The maximum absolute atomic E-state index is 11.7. The van der Waals surface area contributed by atoms with E-state index in [0.717, 1.165) is 22.5 Å². The maximum Gasteiger partial charge on any atom is 0.142 e. The molecule has 0 unspecified atom stereocenters. The van der Waals surface area contributed by atoms with E-state index in [2.05, 4.69) is 29.6 Å². The van der Waals surface area contributed by atoms with E-state index in [1.165, 1.54) is 140 Å². The topological polar surface area (TPSA) is 52.5 Å². The number of rotatable bonds is 6. The summed E-state index contributed by atoms with van der Waals surface area (Å²) in [7, 11) is 0. The summed E-state index contributed by atoms with van der Waals surface area (Å²) in [6.07, 6.45) is 25.3. The van der Waals surface area contributed by atoms with Crippen LogP contribution >= 0.6 is 0 Å². The Bertz CT molecular complexity index is 1010. The summed E-state index contributed by atoms with van der Waals surface area (Å²) in [5.41, 5.74) is 6.71. The Morgan fingerprint density at radius 1 is 0.410 bits per heavy atom. The highest BCUT2D eigenvalue weighted by molar-refractivity contribution is 5.75. The van der Waals surface area contributed by atoms with Crippen molar-refractivity contribution in [3.8, 4) is 11.5 Å². The van der Waals surface area contributed by atoms with E-state index in [4.69, 9.17) is 0 Å². The molecule has 0 radical (unpaired) electrons. The minimum atomic E-state index is 0.420. The van der Waals surface area contributed by atoms with Gasteiger partial charge < -0.3 is 15.5 Å². The Labute approximate surface area is 236 Å². The lowest BCUT2D eigenvalue weighted by Gasteiger charge is -2.29. The van der Waals surface area contributed by atoms with Gasteiger partial charge in [-0.3, -0.25) is 0 Å². The molecule has 0 amide bonds. The van der Waals surface area contributed by atoms with Gasteiger partial charge in [0.1, 0.15) is 11.5 Å². The Balaban J connectivity index is 1.40. The van der Waals surface area contributed by atoms with Crippen molar-refractivity contribution in [2.75, 3.05) is 5.32 Å². The van der Waals surface area contributed by atoms with Crippen molar-refractivity contribution in [2.24, 2.45) is 0 Å². The highest BCUT2D eigenvalue weighted by Crippen LogP contribution is 2.48. The van der Waals surface area contributed by atoms with Crippen LogP contribution in [0.1, 0.15) is 174 Å². The lowest BCUT2D eigenvalue weighted by Crippen LogP contribution is -2.11. The van der Waals surface area contributed by atoms with E-state index in [-0.39, 0.29) is 0 Å². The summed E-state index contributed by atoms with van der Waals surface area (Å²) in [6.45, 7) is 0. The minimum Gasteiger partial charge on any atom is -0.505 e. The van der Waals surface area contributed by atoms with Crippen molar-refractivity contribution in [1.29, 1.82) is 0 Å². The predicted octanol–water partition coefficient (Wildman–Crippen LogP) is 11.0. The fourth-order valence-electron chi connectivity index (χ4n) is 8.49. The maximum atomic E-state index is 11.7. The quantitative estimate of drug-likeness (QED) is 0.326. The molecule has 0 aliphatic heterocycles. The average molecular weight is 530 g/mol. The first-order valence-electron chi connectivity index (χ1n) is 16.7. The second-order valence-corrected chi connectivity index (χ2v) is 13.5. The zero-order valence-electron chi connectivity index (χ0n) is 24.2. The molecule has 0 aromatic heterocycles. The minimum absolute atomic E-state index is 0.420. The highest BCUT2D eigenvalue weighted by Gasteiger charge is 2.27. The first kappa shape index (κ1) is 27.0. The van der Waals surface area contributed by atoms with Gasteiger partial charge in [-0.2, -0.15) is 0 Å². The van der Waals surface area contributed by atoms with Crippen LogP contribution in [0.25, 0.3) is 0 Å². The number of phenolic OH excluding ortho intramolecular Hbond substituents is 2. The number of hydrogen-bond donors (Lipinski definition) is 3. The summed E-state index contributed by atoms with van der Waals surface area (Å²) >= 11 is 0. The molecular formula is C36H51NO2. The number of phenols is 2. The molecule has 4 fully saturated rings. The molecule has 3 N–H and O–H groups in total. The van der Waals surface area contributed by atoms with Gasteiger partial charge in [0, 0.05) is 0 Å². The van der Waals surface area contributed by atoms with Gasteiger partial charge in [-0.1, -0.05) is 89.2 Å². The van der Waals surface area contributed by atoms with Gasteiger partial charge in [-0.05, 0) is 109 Å². The zero-order valence-corrected chi connectivity index (χ0v) is 24.2. The van der Waals surface area contributed by atoms with Crippen LogP contribution < -0.4 is 5.32 Å². The first-order chi connectivity index (χ1) is 19.2. The summed E-state index contributed by atoms with van der Waals surface area (Å²) in [5, 5.41) is 27.1.